The van der Waals surface area contributed by atoms with E-state index in [-0.39, 0.29) is 19.6 Å². The molecular weight excluding hydrogens is 304 g/mol. The van der Waals surface area contributed by atoms with Crippen molar-refractivity contribution in [3.05, 3.63) is 35.9 Å². The van der Waals surface area contributed by atoms with Gasteiger partial charge in [-0.1, -0.05) is 30.3 Å². The molecule has 124 valence electrons. The van der Waals surface area contributed by atoms with Gasteiger partial charge in [0.2, 0.25) is 0 Å². The predicted molar refractivity (Wildman–Crippen MR) is 78.7 cm³/mol. The summed E-state index contributed by atoms with van der Waals surface area (Å²) in [6, 6.07) is 7.74. The average Bonchev–Trinajstić information content (AvgIpc) is 2.97. The Morgan fingerprint density at radius 1 is 1.30 bits per heavy atom. The summed E-state index contributed by atoms with van der Waals surface area (Å²) in [5.74, 6) is -0.644. The van der Waals surface area contributed by atoms with E-state index < -0.39 is 30.2 Å². The van der Waals surface area contributed by atoms with Crippen LogP contribution in [0, 0.1) is 0 Å². The first-order chi connectivity index (χ1) is 11.0. The molecule has 2 atom stereocenters. The topological polar surface area (TPSA) is 105 Å². The van der Waals surface area contributed by atoms with Crippen molar-refractivity contribution < 1.29 is 29.0 Å². The largest absolute Gasteiger partial charge is 0.467 e. The molecule has 0 aromatic heterocycles. The fourth-order valence-electron chi connectivity index (χ4n) is 2.44. The van der Waals surface area contributed by atoms with Crippen molar-refractivity contribution in [2.75, 3.05) is 13.7 Å². The second-order valence-corrected chi connectivity index (χ2v) is 5.11. The van der Waals surface area contributed by atoms with Crippen molar-refractivity contribution in [3.8, 4) is 0 Å². The first-order valence-corrected chi connectivity index (χ1v) is 7.06. The number of esters is 1. The molecule has 0 aliphatic carbocycles. The van der Waals surface area contributed by atoms with Gasteiger partial charge >= 0.3 is 18.2 Å². The fourth-order valence-corrected chi connectivity index (χ4v) is 2.44. The Hall–Kier alpha value is -2.77. The first-order valence-electron chi connectivity index (χ1n) is 7.06. The van der Waals surface area contributed by atoms with Gasteiger partial charge in [0.15, 0.2) is 0 Å². The van der Waals surface area contributed by atoms with Gasteiger partial charge in [-0.15, -0.1) is 0 Å². The Morgan fingerprint density at radius 3 is 2.61 bits per heavy atom. The quantitative estimate of drug-likeness (QED) is 0.807. The Labute approximate surface area is 133 Å². The smallest absolute Gasteiger partial charge is 0.408 e. The van der Waals surface area contributed by atoms with Crippen LogP contribution in [0.4, 0.5) is 9.59 Å². The van der Waals surface area contributed by atoms with Crippen LogP contribution < -0.4 is 5.32 Å². The Morgan fingerprint density at radius 2 is 2.00 bits per heavy atom. The number of carbonyl (C=O) groups excluding carboxylic acids is 2. The van der Waals surface area contributed by atoms with Crippen LogP contribution in [-0.4, -0.2) is 53.9 Å². The molecule has 2 unspecified atom stereocenters. The number of rotatable bonds is 4. The summed E-state index contributed by atoms with van der Waals surface area (Å²) in [6.07, 6.45) is -1.74. The standard InChI is InChI=1S/C15H18N2O6/c1-22-13(18)12-7-11(8-17(12)15(20)21)16-14(19)23-9-10-5-3-2-4-6-10/h2-6,11-12H,7-9H2,1H3,(H,16,19)(H,20,21). The molecule has 1 saturated heterocycles. The molecule has 2 amide bonds. The Balaban J connectivity index is 1.86. The number of ether oxygens (including phenoxy) is 2. The van der Waals surface area contributed by atoms with Crippen LogP contribution in [0.2, 0.25) is 0 Å². The number of benzene rings is 1. The minimum atomic E-state index is -1.23. The van der Waals surface area contributed by atoms with E-state index in [0.29, 0.717) is 0 Å². The van der Waals surface area contributed by atoms with Crippen molar-refractivity contribution >= 4 is 18.2 Å². The van der Waals surface area contributed by atoms with E-state index in [0.717, 1.165) is 10.5 Å². The normalized spacial score (nSPS) is 20.0. The number of hydrogen-bond acceptors (Lipinski definition) is 5. The van der Waals surface area contributed by atoms with Gasteiger partial charge < -0.3 is 19.9 Å². The molecule has 0 radical (unpaired) electrons. The zero-order valence-electron chi connectivity index (χ0n) is 12.6. The van der Waals surface area contributed by atoms with Gasteiger partial charge in [-0.3, -0.25) is 4.90 Å². The Bertz CT molecular complexity index is 577. The lowest BCUT2D eigenvalue weighted by Gasteiger charge is -2.18. The summed E-state index contributed by atoms with van der Waals surface area (Å²) >= 11 is 0. The van der Waals surface area contributed by atoms with Crippen molar-refractivity contribution in [1.82, 2.24) is 10.2 Å². The van der Waals surface area contributed by atoms with Crippen molar-refractivity contribution in [2.45, 2.75) is 25.1 Å². The van der Waals surface area contributed by atoms with Crippen LogP contribution in [0.1, 0.15) is 12.0 Å². The summed E-state index contributed by atoms with van der Waals surface area (Å²) in [5.41, 5.74) is 0.841. The first kappa shape index (κ1) is 16.6. The molecule has 1 heterocycles. The molecule has 2 N–H and O–H groups in total. The maximum atomic E-state index is 11.8. The molecule has 0 bridgehead atoms. The van der Waals surface area contributed by atoms with Crippen LogP contribution in [0.3, 0.4) is 0 Å². The molecule has 1 aliphatic rings. The number of nitrogens with zero attached hydrogens (tertiary/aromatic N) is 1. The van der Waals surface area contributed by atoms with Crippen LogP contribution in [0.5, 0.6) is 0 Å². The second-order valence-electron chi connectivity index (χ2n) is 5.11. The molecular formula is C15H18N2O6. The number of nitrogens with one attached hydrogen (secondary N) is 1. The summed E-state index contributed by atoms with van der Waals surface area (Å²) < 4.78 is 9.66. The zero-order valence-corrected chi connectivity index (χ0v) is 12.6. The number of hydrogen-bond donors (Lipinski definition) is 2. The molecule has 2 rings (SSSR count). The third kappa shape index (κ3) is 4.35. The molecule has 8 heteroatoms. The van der Waals surface area contributed by atoms with E-state index >= 15 is 0 Å². The number of carbonyl (C=O) groups is 3. The highest BCUT2D eigenvalue weighted by molar-refractivity contribution is 5.82. The lowest BCUT2D eigenvalue weighted by molar-refractivity contribution is -0.145. The van der Waals surface area contributed by atoms with E-state index in [2.05, 4.69) is 10.1 Å². The highest BCUT2D eigenvalue weighted by atomic mass is 16.5. The maximum absolute atomic E-state index is 11.8. The number of amides is 2. The van der Waals surface area contributed by atoms with E-state index in [9.17, 15) is 14.4 Å². The third-order valence-corrected chi connectivity index (χ3v) is 3.55. The molecule has 0 spiro atoms. The van der Waals surface area contributed by atoms with Crippen LogP contribution in [0.15, 0.2) is 30.3 Å². The van der Waals surface area contributed by atoms with Crippen molar-refractivity contribution in [1.29, 1.82) is 0 Å². The van der Waals surface area contributed by atoms with Gasteiger partial charge in [0.1, 0.15) is 12.6 Å². The zero-order chi connectivity index (χ0) is 16.8. The van der Waals surface area contributed by atoms with Crippen LogP contribution in [0.25, 0.3) is 0 Å². The number of methoxy groups -OCH3 is 1. The SMILES string of the molecule is COC(=O)C1CC(NC(=O)OCc2ccccc2)CN1C(=O)O. The van der Waals surface area contributed by atoms with E-state index in [1.165, 1.54) is 7.11 Å². The van der Waals surface area contributed by atoms with Gasteiger partial charge in [-0.25, -0.2) is 14.4 Å². The molecule has 1 aromatic carbocycles. The highest BCUT2D eigenvalue weighted by Gasteiger charge is 2.41. The van der Waals surface area contributed by atoms with E-state index in [4.69, 9.17) is 9.84 Å². The number of carboxylic acid groups (broad SMARTS) is 1. The predicted octanol–water partition coefficient (Wildman–Crippen LogP) is 1.21. The fraction of sp³-hybridized carbons (Fsp3) is 0.400. The number of likely N-dealkylation sites (tertiary alicyclic amines) is 1. The van der Waals surface area contributed by atoms with Crippen molar-refractivity contribution in [3.63, 3.8) is 0 Å². The second kappa shape index (κ2) is 7.48. The minimum Gasteiger partial charge on any atom is -0.467 e. The van der Waals surface area contributed by atoms with Crippen molar-refractivity contribution in [2.24, 2.45) is 0 Å². The molecule has 23 heavy (non-hydrogen) atoms. The van der Waals surface area contributed by atoms with Gasteiger partial charge in [0.25, 0.3) is 0 Å². The average molecular weight is 322 g/mol. The summed E-state index contributed by atoms with van der Waals surface area (Å²) in [4.78, 5) is 35.5. The Kier molecular flexibility index (Phi) is 5.40. The minimum absolute atomic E-state index is 0.00946. The molecule has 1 aromatic rings. The van der Waals surface area contributed by atoms with Gasteiger partial charge in [0.05, 0.1) is 13.2 Å². The van der Waals surface area contributed by atoms with Gasteiger partial charge in [0, 0.05) is 13.0 Å². The third-order valence-electron chi connectivity index (χ3n) is 3.55. The maximum Gasteiger partial charge on any atom is 0.408 e. The molecule has 1 fully saturated rings. The lowest BCUT2D eigenvalue weighted by Crippen LogP contribution is -2.41. The van der Waals surface area contributed by atoms with Crippen LogP contribution >= 0.6 is 0 Å². The molecule has 8 nitrogen and oxygen atoms in total. The molecule has 1 aliphatic heterocycles. The summed E-state index contributed by atoms with van der Waals surface area (Å²) in [7, 11) is 1.19. The summed E-state index contributed by atoms with van der Waals surface area (Å²) in [6.45, 7) is 0.123. The van der Waals surface area contributed by atoms with Crippen LogP contribution in [-0.2, 0) is 20.9 Å². The lowest BCUT2D eigenvalue weighted by atomic mass is 10.2. The monoisotopic (exact) mass is 322 g/mol. The van der Waals surface area contributed by atoms with E-state index in [1.54, 1.807) is 0 Å². The number of alkyl carbamates (subject to hydrolysis) is 1. The van der Waals surface area contributed by atoms with E-state index in [1.807, 2.05) is 30.3 Å². The summed E-state index contributed by atoms with van der Waals surface area (Å²) in [5, 5.41) is 11.7. The van der Waals surface area contributed by atoms with Gasteiger partial charge in [-0.2, -0.15) is 0 Å². The molecule has 0 saturated carbocycles. The van der Waals surface area contributed by atoms with Gasteiger partial charge in [-0.05, 0) is 5.56 Å². The highest BCUT2D eigenvalue weighted by Crippen LogP contribution is 2.19.